The second-order valence-electron chi connectivity index (χ2n) is 7.66. The molecule has 1 aliphatic rings. The van der Waals surface area contributed by atoms with Gasteiger partial charge in [0.1, 0.15) is 0 Å². The van der Waals surface area contributed by atoms with Gasteiger partial charge in [-0.2, -0.15) is 26.3 Å². The molecular formula is C23H23F6N3O. The van der Waals surface area contributed by atoms with Gasteiger partial charge in [0.2, 0.25) is 0 Å². The summed E-state index contributed by atoms with van der Waals surface area (Å²) < 4.78 is 79.5. The molecule has 0 fully saturated rings. The first-order valence-electron chi connectivity index (χ1n) is 10.2. The van der Waals surface area contributed by atoms with E-state index in [-0.39, 0.29) is 29.2 Å². The lowest BCUT2D eigenvalue weighted by Gasteiger charge is -2.22. The number of aliphatic hydroxyl groups is 1. The van der Waals surface area contributed by atoms with E-state index in [1.807, 2.05) is 6.08 Å². The molecule has 0 radical (unpaired) electrons. The van der Waals surface area contributed by atoms with Gasteiger partial charge in [-0.05, 0) is 30.2 Å². The average molecular weight is 471 g/mol. The number of aromatic nitrogens is 1. The maximum atomic E-state index is 13.8. The molecule has 0 spiro atoms. The molecule has 4 N–H and O–H groups in total. The Bertz CT molecular complexity index is 1010. The standard InChI is InChI=1S/C23H23F6N3O/c24-22(25,26)17-6-4-14(5-7-17)19-9-8-18(21(32-19)23(27,28)29)20(33)12-15-2-1-3-16(15)13-31-11-10-30/h1-9,15,20,31,33H,10-13,30H2/t15?,20-/m0/s1. The van der Waals surface area contributed by atoms with Crippen molar-refractivity contribution in [2.45, 2.75) is 24.9 Å². The van der Waals surface area contributed by atoms with Crippen LogP contribution in [0.15, 0.2) is 60.2 Å². The van der Waals surface area contributed by atoms with Crippen LogP contribution < -0.4 is 11.1 Å². The van der Waals surface area contributed by atoms with Crippen molar-refractivity contribution < 1.29 is 31.4 Å². The largest absolute Gasteiger partial charge is 0.433 e. The van der Waals surface area contributed by atoms with Gasteiger partial charge in [0.15, 0.2) is 5.69 Å². The molecule has 1 heterocycles. The zero-order valence-electron chi connectivity index (χ0n) is 17.4. The summed E-state index contributed by atoms with van der Waals surface area (Å²) in [6, 6.07) is 6.09. The van der Waals surface area contributed by atoms with Crippen molar-refractivity contribution in [2.75, 3.05) is 19.6 Å². The van der Waals surface area contributed by atoms with E-state index in [0.717, 1.165) is 35.9 Å². The highest BCUT2D eigenvalue weighted by atomic mass is 19.4. The topological polar surface area (TPSA) is 71.2 Å². The van der Waals surface area contributed by atoms with Gasteiger partial charge in [0.05, 0.1) is 17.4 Å². The van der Waals surface area contributed by atoms with E-state index < -0.39 is 29.7 Å². The minimum absolute atomic E-state index is 0.0248. The molecule has 0 saturated heterocycles. The zero-order valence-corrected chi connectivity index (χ0v) is 17.4. The minimum atomic E-state index is -4.86. The maximum Gasteiger partial charge on any atom is 0.433 e. The number of hydrogen-bond acceptors (Lipinski definition) is 4. The Morgan fingerprint density at radius 2 is 1.70 bits per heavy atom. The average Bonchev–Trinajstić information content (AvgIpc) is 3.19. The number of hydrogen-bond donors (Lipinski definition) is 3. The molecule has 0 amide bonds. The van der Waals surface area contributed by atoms with Crippen molar-refractivity contribution >= 4 is 0 Å². The van der Waals surface area contributed by atoms with E-state index >= 15 is 0 Å². The predicted octanol–water partition coefficient (Wildman–Crippen LogP) is 4.87. The number of rotatable bonds is 8. The highest BCUT2D eigenvalue weighted by Gasteiger charge is 2.38. The van der Waals surface area contributed by atoms with Crippen LogP contribution in [0, 0.1) is 5.92 Å². The molecule has 2 atom stereocenters. The van der Waals surface area contributed by atoms with Gasteiger partial charge in [-0.1, -0.05) is 36.4 Å². The van der Waals surface area contributed by atoms with Crippen molar-refractivity contribution in [1.29, 1.82) is 0 Å². The van der Waals surface area contributed by atoms with Gasteiger partial charge in [0.25, 0.3) is 0 Å². The summed E-state index contributed by atoms with van der Waals surface area (Å²) >= 11 is 0. The second-order valence-corrected chi connectivity index (χ2v) is 7.66. The first-order chi connectivity index (χ1) is 15.5. The first kappa shape index (κ1) is 24.9. The fourth-order valence-corrected chi connectivity index (χ4v) is 3.64. The lowest BCUT2D eigenvalue weighted by molar-refractivity contribution is -0.142. The third-order valence-electron chi connectivity index (χ3n) is 5.32. The van der Waals surface area contributed by atoms with E-state index in [1.165, 1.54) is 6.07 Å². The smallest absolute Gasteiger partial charge is 0.388 e. The molecular weight excluding hydrogens is 448 g/mol. The highest BCUT2D eigenvalue weighted by Crippen LogP contribution is 2.38. The van der Waals surface area contributed by atoms with Gasteiger partial charge < -0.3 is 16.2 Å². The Morgan fingerprint density at radius 3 is 2.30 bits per heavy atom. The fraction of sp³-hybridized carbons (Fsp3) is 0.348. The van der Waals surface area contributed by atoms with Gasteiger partial charge in [-0.25, -0.2) is 4.98 Å². The van der Waals surface area contributed by atoms with Gasteiger partial charge >= 0.3 is 12.4 Å². The third-order valence-corrected chi connectivity index (χ3v) is 5.32. The zero-order chi connectivity index (χ0) is 24.2. The number of nitrogens with zero attached hydrogens (tertiary/aromatic N) is 1. The van der Waals surface area contributed by atoms with Crippen molar-refractivity contribution in [3.63, 3.8) is 0 Å². The van der Waals surface area contributed by atoms with Crippen molar-refractivity contribution in [2.24, 2.45) is 11.7 Å². The molecule has 1 unspecified atom stereocenters. The van der Waals surface area contributed by atoms with Gasteiger partial charge in [-0.15, -0.1) is 0 Å². The molecule has 0 saturated carbocycles. The second kappa shape index (κ2) is 10.1. The maximum absolute atomic E-state index is 13.8. The summed E-state index contributed by atoms with van der Waals surface area (Å²) in [5.74, 6) is -0.249. The minimum Gasteiger partial charge on any atom is -0.388 e. The first-order valence-corrected chi connectivity index (χ1v) is 10.2. The van der Waals surface area contributed by atoms with E-state index in [1.54, 1.807) is 12.2 Å². The summed E-state index contributed by atoms with van der Waals surface area (Å²) in [5.41, 5.74) is 3.77. The molecule has 4 nitrogen and oxygen atoms in total. The Hall–Kier alpha value is -2.69. The molecule has 1 aliphatic carbocycles. The van der Waals surface area contributed by atoms with Crippen LogP contribution in [0.3, 0.4) is 0 Å². The SMILES string of the molecule is NCCNCC1=CC=CC1C[C@H](O)c1ccc(-c2ccc(C(F)(F)F)cc2)nc1C(F)(F)F. The van der Waals surface area contributed by atoms with Crippen molar-refractivity contribution in [1.82, 2.24) is 10.3 Å². The van der Waals surface area contributed by atoms with E-state index in [2.05, 4.69) is 10.3 Å². The predicted molar refractivity (Wildman–Crippen MR) is 112 cm³/mol. The van der Waals surface area contributed by atoms with Crippen molar-refractivity contribution in [3.05, 3.63) is 77.0 Å². The summed E-state index contributed by atoms with van der Waals surface area (Å²) in [7, 11) is 0. The molecule has 178 valence electrons. The summed E-state index contributed by atoms with van der Waals surface area (Å²) in [4.78, 5) is 3.66. The van der Waals surface area contributed by atoms with Gasteiger partial charge in [-0.3, -0.25) is 0 Å². The number of aliphatic hydroxyl groups excluding tert-OH is 1. The Kier molecular flexibility index (Phi) is 7.61. The number of alkyl halides is 6. The van der Waals surface area contributed by atoms with Crippen LogP contribution in [0.4, 0.5) is 26.3 Å². The number of allylic oxidation sites excluding steroid dienone is 3. The molecule has 1 aromatic carbocycles. The summed E-state index contributed by atoms with van der Waals surface area (Å²) in [5, 5.41) is 13.8. The number of pyridine rings is 1. The Morgan fingerprint density at radius 1 is 1.00 bits per heavy atom. The van der Waals surface area contributed by atoms with Crippen LogP contribution in [0.1, 0.15) is 29.3 Å². The lowest BCUT2D eigenvalue weighted by atomic mass is 9.91. The van der Waals surface area contributed by atoms with E-state index in [0.29, 0.717) is 19.6 Å². The summed E-state index contributed by atoms with van der Waals surface area (Å²) in [6.07, 6.45) is -5.40. The fourth-order valence-electron chi connectivity index (χ4n) is 3.64. The Balaban J connectivity index is 1.84. The van der Waals surface area contributed by atoms with Crippen LogP contribution >= 0.6 is 0 Å². The quantitative estimate of drug-likeness (QED) is 0.380. The van der Waals surface area contributed by atoms with Crippen molar-refractivity contribution in [3.8, 4) is 11.3 Å². The third kappa shape index (κ3) is 6.21. The summed E-state index contributed by atoms with van der Waals surface area (Å²) in [6.45, 7) is 1.53. The monoisotopic (exact) mass is 471 g/mol. The van der Waals surface area contributed by atoms with Gasteiger partial charge in [0, 0.05) is 36.7 Å². The van der Waals surface area contributed by atoms with E-state index in [9.17, 15) is 31.4 Å². The Labute approximate surface area is 186 Å². The molecule has 0 bridgehead atoms. The van der Waals surface area contributed by atoms with Crippen LogP contribution in [0.2, 0.25) is 0 Å². The van der Waals surface area contributed by atoms with Crippen LogP contribution in [0.5, 0.6) is 0 Å². The molecule has 0 aliphatic heterocycles. The normalized spacial score (nSPS) is 17.3. The lowest BCUT2D eigenvalue weighted by Crippen LogP contribution is -2.26. The number of nitrogens with one attached hydrogen (secondary N) is 1. The van der Waals surface area contributed by atoms with Crippen LogP contribution in [-0.4, -0.2) is 29.7 Å². The highest BCUT2D eigenvalue weighted by molar-refractivity contribution is 5.60. The number of nitrogens with two attached hydrogens (primary N) is 1. The molecule has 1 aromatic heterocycles. The number of halogens is 6. The molecule has 33 heavy (non-hydrogen) atoms. The van der Waals surface area contributed by atoms with Crippen LogP contribution in [-0.2, 0) is 12.4 Å². The number of benzene rings is 1. The van der Waals surface area contributed by atoms with Crippen LogP contribution in [0.25, 0.3) is 11.3 Å². The molecule has 3 rings (SSSR count). The molecule has 2 aromatic rings. The molecule has 10 heteroatoms. The van der Waals surface area contributed by atoms with E-state index in [4.69, 9.17) is 5.73 Å².